The van der Waals surface area contributed by atoms with Gasteiger partial charge in [-0.1, -0.05) is 18.2 Å². The van der Waals surface area contributed by atoms with Crippen molar-refractivity contribution in [3.05, 3.63) is 47.3 Å². The molecule has 0 aromatic rings. The first-order chi connectivity index (χ1) is 6.31. The van der Waals surface area contributed by atoms with E-state index in [0.29, 0.717) is 5.92 Å². The molecule has 1 aliphatic heterocycles. The van der Waals surface area contributed by atoms with Crippen molar-refractivity contribution < 1.29 is 0 Å². The Bertz CT molecular complexity index is 329. The van der Waals surface area contributed by atoms with Crippen LogP contribution in [0.5, 0.6) is 0 Å². The Balaban J connectivity index is 2.21. The van der Waals surface area contributed by atoms with E-state index in [4.69, 9.17) is 0 Å². The summed E-state index contributed by atoms with van der Waals surface area (Å²) in [6.07, 6.45) is 12.0. The summed E-state index contributed by atoms with van der Waals surface area (Å²) in [5.74, 6) is 0.619. The van der Waals surface area contributed by atoms with Crippen molar-refractivity contribution in [1.82, 2.24) is 5.32 Å². The van der Waals surface area contributed by atoms with E-state index in [-0.39, 0.29) is 0 Å². The van der Waals surface area contributed by atoms with E-state index >= 15 is 0 Å². The summed E-state index contributed by atoms with van der Waals surface area (Å²) >= 11 is 0. The van der Waals surface area contributed by atoms with Crippen LogP contribution in [0, 0.1) is 5.92 Å². The van der Waals surface area contributed by atoms with Gasteiger partial charge in [0.15, 0.2) is 0 Å². The van der Waals surface area contributed by atoms with Crippen LogP contribution in [0.4, 0.5) is 0 Å². The highest BCUT2D eigenvalue weighted by molar-refractivity contribution is 5.42. The Labute approximate surface area is 79.5 Å². The van der Waals surface area contributed by atoms with E-state index in [1.165, 1.54) is 16.8 Å². The number of fused-ring (bicyclic) bond motifs is 1. The molecule has 1 aliphatic carbocycles. The minimum absolute atomic E-state index is 0.619. The zero-order valence-electron chi connectivity index (χ0n) is 8.17. The molecule has 68 valence electrons. The number of allylic oxidation sites excluding steroid dienone is 6. The molecule has 0 saturated carbocycles. The predicted octanol–water partition coefficient (Wildman–Crippen LogP) is 2.90. The van der Waals surface area contributed by atoms with Crippen LogP contribution in [0.3, 0.4) is 0 Å². The van der Waals surface area contributed by atoms with E-state index in [2.05, 4.69) is 49.7 Å². The number of nitrogens with one attached hydrogen (secondary N) is 1. The van der Waals surface area contributed by atoms with Gasteiger partial charge in [-0.3, -0.25) is 0 Å². The van der Waals surface area contributed by atoms with Gasteiger partial charge in [-0.05, 0) is 37.5 Å². The van der Waals surface area contributed by atoms with Gasteiger partial charge in [-0.15, -0.1) is 0 Å². The summed E-state index contributed by atoms with van der Waals surface area (Å²) in [7, 11) is 0. The maximum atomic E-state index is 3.32. The van der Waals surface area contributed by atoms with Gasteiger partial charge < -0.3 is 5.32 Å². The molecule has 1 N–H and O–H groups in total. The second kappa shape index (κ2) is 3.25. The molecule has 0 radical (unpaired) electrons. The molecule has 0 aromatic carbocycles. The number of hydrogen-bond donors (Lipinski definition) is 1. The van der Waals surface area contributed by atoms with Gasteiger partial charge in [-0.25, -0.2) is 0 Å². The van der Waals surface area contributed by atoms with Crippen LogP contribution in [-0.4, -0.2) is 0 Å². The molecule has 13 heavy (non-hydrogen) atoms. The lowest BCUT2D eigenvalue weighted by Gasteiger charge is -2.16. The molecule has 0 spiro atoms. The van der Waals surface area contributed by atoms with E-state index in [1.54, 1.807) is 0 Å². The molecular weight excluding hydrogens is 158 g/mol. The lowest BCUT2D eigenvalue weighted by atomic mass is 9.90. The van der Waals surface area contributed by atoms with Crippen LogP contribution < -0.4 is 5.32 Å². The first kappa shape index (κ1) is 8.36. The third kappa shape index (κ3) is 1.46. The van der Waals surface area contributed by atoms with Gasteiger partial charge in [-0.2, -0.15) is 0 Å². The molecule has 0 fully saturated rings. The predicted molar refractivity (Wildman–Crippen MR) is 56.0 cm³/mol. The zero-order chi connectivity index (χ0) is 9.26. The quantitative estimate of drug-likeness (QED) is 0.643. The van der Waals surface area contributed by atoms with Crippen LogP contribution in [-0.2, 0) is 0 Å². The topological polar surface area (TPSA) is 12.0 Å². The Morgan fingerprint density at radius 1 is 1.54 bits per heavy atom. The van der Waals surface area contributed by atoms with Crippen LogP contribution in [0.15, 0.2) is 47.3 Å². The van der Waals surface area contributed by atoms with E-state index in [0.717, 1.165) is 6.42 Å². The Morgan fingerprint density at radius 2 is 2.38 bits per heavy atom. The molecule has 2 rings (SSSR count). The second-order valence-corrected chi connectivity index (χ2v) is 3.62. The highest BCUT2D eigenvalue weighted by Gasteiger charge is 2.22. The monoisotopic (exact) mass is 173 g/mol. The van der Waals surface area contributed by atoms with Crippen molar-refractivity contribution in [3.8, 4) is 0 Å². The molecule has 0 amide bonds. The summed E-state index contributed by atoms with van der Waals surface area (Å²) in [4.78, 5) is 0. The molecule has 0 saturated heterocycles. The van der Waals surface area contributed by atoms with Crippen molar-refractivity contribution in [2.24, 2.45) is 5.92 Å². The van der Waals surface area contributed by atoms with Gasteiger partial charge in [0.1, 0.15) is 0 Å². The third-order valence-electron chi connectivity index (χ3n) is 2.66. The first-order valence-electron chi connectivity index (χ1n) is 4.79. The van der Waals surface area contributed by atoms with Gasteiger partial charge in [0.05, 0.1) is 0 Å². The largest absolute Gasteiger partial charge is 0.365 e. The van der Waals surface area contributed by atoms with Crippen molar-refractivity contribution in [2.45, 2.75) is 20.3 Å². The molecule has 0 bridgehead atoms. The zero-order valence-corrected chi connectivity index (χ0v) is 8.17. The number of hydrogen-bond acceptors (Lipinski definition) is 1. The lowest BCUT2D eigenvalue weighted by molar-refractivity contribution is 0.716. The maximum Gasteiger partial charge on any atom is 0.0249 e. The molecule has 1 heterocycles. The van der Waals surface area contributed by atoms with Crippen molar-refractivity contribution in [1.29, 1.82) is 0 Å². The highest BCUT2D eigenvalue weighted by atomic mass is 14.9. The van der Waals surface area contributed by atoms with Crippen LogP contribution in [0.25, 0.3) is 0 Å². The molecule has 1 heteroatoms. The summed E-state index contributed by atoms with van der Waals surface area (Å²) in [5, 5.41) is 3.32. The fraction of sp³-hybridized carbons (Fsp3) is 0.333. The van der Waals surface area contributed by atoms with E-state index < -0.39 is 0 Å². The Hall–Kier alpha value is -1.24. The summed E-state index contributed by atoms with van der Waals surface area (Å²) in [6.45, 7) is 4.24. The summed E-state index contributed by atoms with van der Waals surface area (Å²) in [5.41, 5.74) is 4.12. The molecule has 2 aliphatic rings. The van der Waals surface area contributed by atoms with Gasteiger partial charge >= 0.3 is 0 Å². The maximum absolute atomic E-state index is 3.32. The average molecular weight is 173 g/mol. The van der Waals surface area contributed by atoms with Crippen molar-refractivity contribution in [2.75, 3.05) is 0 Å². The molecule has 1 unspecified atom stereocenters. The second-order valence-electron chi connectivity index (χ2n) is 3.62. The molecule has 1 nitrogen and oxygen atoms in total. The van der Waals surface area contributed by atoms with Crippen LogP contribution in [0.1, 0.15) is 20.3 Å². The smallest absolute Gasteiger partial charge is 0.0249 e. The molecular formula is C12H15N. The van der Waals surface area contributed by atoms with Crippen molar-refractivity contribution in [3.63, 3.8) is 0 Å². The lowest BCUT2D eigenvalue weighted by Crippen LogP contribution is -2.10. The highest BCUT2D eigenvalue weighted by Crippen LogP contribution is 2.32. The van der Waals surface area contributed by atoms with E-state index in [9.17, 15) is 0 Å². The van der Waals surface area contributed by atoms with E-state index in [1.807, 2.05) is 0 Å². The summed E-state index contributed by atoms with van der Waals surface area (Å²) < 4.78 is 0. The van der Waals surface area contributed by atoms with Gasteiger partial charge in [0.25, 0.3) is 0 Å². The third-order valence-corrected chi connectivity index (χ3v) is 2.66. The van der Waals surface area contributed by atoms with Crippen LogP contribution in [0.2, 0.25) is 0 Å². The fourth-order valence-electron chi connectivity index (χ4n) is 1.90. The molecule has 1 atom stereocenters. The van der Waals surface area contributed by atoms with Crippen LogP contribution >= 0.6 is 0 Å². The standard InChI is InChI=1S/C12H15N/c1-3-4-10-5-6-11-9(2)8-13-12(11)7-10/h3-5,7-8,11,13H,6H2,1-2H3/b4-3+. The first-order valence-corrected chi connectivity index (χ1v) is 4.79. The van der Waals surface area contributed by atoms with Gasteiger partial charge in [0.2, 0.25) is 0 Å². The normalized spacial score (nSPS) is 26.3. The average Bonchev–Trinajstić information content (AvgIpc) is 2.48. The Morgan fingerprint density at radius 3 is 3.15 bits per heavy atom. The van der Waals surface area contributed by atoms with Gasteiger partial charge in [0, 0.05) is 17.8 Å². The number of rotatable bonds is 1. The molecule has 0 aromatic heterocycles. The summed E-state index contributed by atoms with van der Waals surface area (Å²) in [6, 6.07) is 0. The van der Waals surface area contributed by atoms with Crippen molar-refractivity contribution >= 4 is 0 Å². The SMILES string of the molecule is C/C=C/C1=CCC2C(C)=CNC2=C1. The minimum Gasteiger partial charge on any atom is -0.365 e. The Kier molecular flexibility index (Phi) is 2.09. The minimum atomic E-state index is 0.619. The fourth-order valence-corrected chi connectivity index (χ4v) is 1.90.